The van der Waals surface area contributed by atoms with Crippen molar-refractivity contribution in [2.24, 2.45) is 5.92 Å². The summed E-state index contributed by atoms with van der Waals surface area (Å²) in [5.74, 6) is -0.229. The molecular formula is C23H26FN3O2. The van der Waals surface area contributed by atoms with E-state index in [-0.39, 0.29) is 29.6 Å². The second-order valence-corrected chi connectivity index (χ2v) is 8.01. The molecular weight excluding hydrogens is 369 g/mol. The maximum Gasteiger partial charge on any atom is 0.253 e. The Morgan fingerprint density at radius 3 is 2.62 bits per heavy atom. The topological polar surface area (TPSA) is 62.3 Å². The fourth-order valence-corrected chi connectivity index (χ4v) is 4.36. The first-order valence-electron chi connectivity index (χ1n) is 10.4. The molecule has 2 aliphatic rings. The van der Waals surface area contributed by atoms with E-state index in [4.69, 9.17) is 0 Å². The number of likely N-dealkylation sites (tertiary alicyclic amines) is 1. The Hall–Kier alpha value is -2.76. The predicted octanol–water partition coefficient (Wildman–Crippen LogP) is 3.80. The normalized spacial score (nSPS) is 21.8. The summed E-state index contributed by atoms with van der Waals surface area (Å²) < 4.78 is 13.4. The molecule has 1 saturated heterocycles. The van der Waals surface area contributed by atoms with Crippen molar-refractivity contribution in [1.29, 1.82) is 0 Å². The summed E-state index contributed by atoms with van der Waals surface area (Å²) in [6.07, 6.45) is 7.16. The third kappa shape index (κ3) is 4.63. The summed E-state index contributed by atoms with van der Waals surface area (Å²) in [6, 6.07) is 9.66. The van der Waals surface area contributed by atoms with Crippen molar-refractivity contribution >= 4 is 11.8 Å². The minimum atomic E-state index is -0.318. The molecule has 0 radical (unpaired) electrons. The second-order valence-electron chi connectivity index (χ2n) is 8.01. The van der Waals surface area contributed by atoms with E-state index < -0.39 is 0 Å². The zero-order valence-electron chi connectivity index (χ0n) is 16.4. The molecule has 2 amide bonds. The van der Waals surface area contributed by atoms with Crippen molar-refractivity contribution in [1.82, 2.24) is 15.2 Å². The SMILES string of the molecule is O=C(NC1CCCC(C(=O)N2CCCC2)C1)c1ccc(-c2cccc(F)c2)nc1. The van der Waals surface area contributed by atoms with Crippen LogP contribution in [0, 0.1) is 11.7 Å². The molecule has 1 N–H and O–H groups in total. The monoisotopic (exact) mass is 395 g/mol. The van der Waals surface area contributed by atoms with E-state index in [1.165, 1.54) is 18.3 Å². The van der Waals surface area contributed by atoms with Gasteiger partial charge in [-0.05, 0) is 56.4 Å². The lowest BCUT2D eigenvalue weighted by molar-refractivity contribution is -0.135. The summed E-state index contributed by atoms with van der Waals surface area (Å²) in [7, 11) is 0. The highest BCUT2D eigenvalue weighted by atomic mass is 19.1. The van der Waals surface area contributed by atoms with Gasteiger partial charge in [-0.2, -0.15) is 0 Å². The van der Waals surface area contributed by atoms with Crippen molar-refractivity contribution in [2.75, 3.05) is 13.1 Å². The van der Waals surface area contributed by atoms with E-state index in [9.17, 15) is 14.0 Å². The molecule has 5 nitrogen and oxygen atoms in total. The van der Waals surface area contributed by atoms with E-state index in [2.05, 4.69) is 10.3 Å². The Morgan fingerprint density at radius 2 is 1.90 bits per heavy atom. The van der Waals surface area contributed by atoms with Gasteiger partial charge in [0.05, 0.1) is 11.3 Å². The largest absolute Gasteiger partial charge is 0.349 e. The highest BCUT2D eigenvalue weighted by Gasteiger charge is 2.32. The second kappa shape index (κ2) is 8.72. The van der Waals surface area contributed by atoms with Gasteiger partial charge in [0.2, 0.25) is 5.91 Å². The number of nitrogens with zero attached hydrogens (tertiary/aromatic N) is 2. The van der Waals surface area contributed by atoms with Gasteiger partial charge in [0, 0.05) is 36.8 Å². The van der Waals surface area contributed by atoms with Crippen LogP contribution in [0.15, 0.2) is 42.6 Å². The third-order valence-corrected chi connectivity index (χ3v) is 5.92. The number of carbonyl (C=O) groups excluding carboxylic acids is 2. The molecule has 1 aromatic heterocycles. The van der Waals surface area contributed by atoms with E-state index in [1.807, 2.05) is 4.90 Å². The highest BCUT2D eigenvalue weighted by Crippen LogP contribution is 2.27. The Balaban J connectivity index is 1.36. The molecule has 0 spiro atoms. The first-order chi connectivity index (χ1) is 14.1. The Bertz CT molecular complexity index is 878. The first-order valence-corrected chi connectivity index (χ1v) is 10.4. The average Bonchev–Trinajstić information content (AvgIpc) is 3.28. The van der Waals surface area contributed by atoms with Crippen LogP contribution in [0.4, 0.5) is 4.39 Å². The maximum absolute atomic E-state index is 13.4. The molecule has 0 bridgehead atoms. The molecule has 2 atom stereocenters. The van der Waals surface area contributed by atoms with Crippen LogP contribution in [-0.4, -0.2) is 40.8 Å². The number of pyridine rings is 1. The number of benzene rings is 1. The molecule has 152 valence electrons. The van der Waals surface area contributed by atoms with Crippen LogP contribution in [0.25, 0.3) is 11.3 Å². The van der Waals surface area contributed by atoms with Crippen molar-refractivity contribution in [3.8, 4) is 11.3 Å². The van der Waals surface area contributed by atoms with Crippen LogP contribution in [0.1, 0.15) is 48.9 Å². The Kier molecular flexibility index (Phi) is 5.88. The molecule has 1 aliphatic carbocycles. The van der Waals surface area contributed by atoms with Gasteiger partial charge in [0.1, 0.15) is 5.82 Å². The first kappa shape index (κ1) is 19.6. The predicted molar refractivity (Wildman–Crippen MR) is 109 cm³/mol. The summed E-state index contributed by atoms with van der Waals surface area (Å²) >= 11 is 0. The lowest BCUT2D eigenvalue weighted by Gasteiger charge is -2.31. The van der Waals surface area contributed by atoms with Crippen molar-refractivity contribution in [2.45, 2.75) is 44.6 Å². The van der Waals surface area contributed by atoms with Gasteiger partial charge in [0.15, 0.2) is 0 Å². The fourth-order valence-electron chi connectivity index (χ4n) is 4.36. The summed E-state index contributed by atoms with van der Waals surface area (Å²) in [5, 5.41) is 3.07. The van der Waals surface area contributed by atoms with Crippen molar-refractivity contribution < 1.29 is 14.0 Å². The van der Waals surface area contributed by atoms with Crippen LogP contribution in [-0.2, 0) is 4.79 Å². The van der Waals surface area contributed by atoms with Gasteiger partial charge in [-0.25, -0.2) is 4.39 Å². The van der Waals surface area contributed by atoms with Gasteiger partial charge in [-0.15, -0.1) is 0 Å². The van der Waals surface area contributed by atoms with Gasteiger partial charge >= 0.3 is 0 Å². The molecule has 1 aromatic carbocycles. The van der Waals surface area contributed by atoms with E-state index in [1.54, 1.807) is 24.3 Å². The average molecular weight is 395 g/mol. The minimum Gasteiger partial charge on any atom is -0.349 e. The molecule has 2 heterocycles. The van der Waals surface area contributed by atoms with Crippen molar-refractivity contribution in [3.05, 3.63) is 54.0 Å². The fraction of sp³-hybridized carbons (Fsp3) is 0.435. The standard InChI is InChI=1S/C23H26FN3O2/c24-19-7-3-5-16(13-19)21-10-9-18(15-25-21)22(28)26-20-8-4-6-17(14-20)23(29)27-11-1-2-12-27/h3,5,7,9-10,13,15,17,20H,1-2,4,6,8,11-12,14H2,(H,26,28). The van der Waals surface area contributed by atoms with E-state index >= 15 is 0 Å². The number of carbonyl (C=O) groups is 2. The molecule has 29 heavy (non-hydrogen) atoms. The molecule has 1 aliphatic heterocycles. The quantitative estimate of drug-likeness (QED) is 0.857. The number of amides is 2. The van der Waals surface area contributed by atoms with E-state index in [0.717, 1.165) is 45.2 Å². The summed E-state index contributed by atoms with van der Waals surface area (Å²) in [4.78, 5) is 31.6. The molecule has 2 aromatic rings. The number of hydrogen-bond donors (Lipinski definition) is 1. The van der Waals surface area contributed by atoms with Crippen LogP contribution < -0.4 is 5.32 Å². The Morgan fingerprint density at radius 1 is 1.07 bits per heavy atom. The van der Waals surface area contributed by atoms with Gasteiger partial charge in [-0.3, -0.25) is 14.6 Å². The van der Waals surface area contributed by atoms with Gasteiger partial charge in [0.25, 0.3) is 5.91 Å². The third-order valence-electron chi connectivity index (χ3n) is 5.92. The molecule has 4 rings (SSSR count). The Labute approximate surface area is 170 Å². The highest BCUT2D eigenvalue weighted by molar-refractivity contribution is 5.94. The molecule has 2 fully saturated rings. The number of aromatic nitrogens is 1. The number of rotatable bonds is 4. The summed E-state index contributed by atoms with van der Waals surface area (Å²) in [5.41, 5.74) is 1.76. The zero-order valence-corrected chi connectivity index (χ0v) is 16.4. The number of nitrogens with one attached hydrogen (secondary N) is 1. The molecule has 6 heteroatoms. The lowest BCUT2D eigenvalue weighted by Crippen LogP contribution is -2.43. The minimum absolute atomic E-state index is 0.00991. The molecule has 2 unspecified atom stereocenters. The molecule has 1 saturated carbocycles. The van der Waals surface area contributed by atoms with Crippen LogP contribution in [0.5, 0.6) is 0 Å². The van der Waals surface area contributed by atoms with Gasteiger partial charge in [-0.1, -0.05) is 18.6 Å². The van der Waals surface area contributed by atoms with Crippen LogP contribution in [0.2, 0.25) is 0 Å². The van der Waals surface area contributed by atoms with Crippen LogP contribution in [0.3, 0.4) is 0 Å². The number of hydrogen-bond acceptors (Lipinski definition) is 3. The van der Waals surface area contributed by atoms with E-state index in [0.29, 0.717) is 23.2 Å². The van der Waals surface area contributed by atoms with Gasteiger partial charge < -0.3 is 10.2 Å². The summed E-state index contributed by atoms with van der Waals surface area (Å²) in [6.45, 7) is 1.74. The van der Waals surface area contributed by atoms with Crippen molar-refractivity contribution in [3.63, 3.8) is 0 Å². The van der Waals surface area contributed by atoms with Crippen LogP contribution >= 0.6 is 0 Å². The zero-order chi connectivity index (χ0) is 20.2. The smallest absolute Gasteiger partial charge is 0.253 e. The maximum atomic E-state index is 13.4. The lowest BCUT2D eigenvalue weighted by atomic mass is 9.84. The number of halogens is 1.